The molecule has 6 heteroatoms. The van der Waals surface area contributed by atoms with E-state index in [9.17, 15) is 18.0 Å². The molecule has 0 spiro atoms. The van der Waals surface area contributed by atoms with Crippen molar-refractivity contribution in [2.75, 3.05) is 0 Å². The molecule has 3 rings (SSSR count). The molecule has 0 N–H and O–H groups in total. The number of halogens is 4. The Balaban J connectivity index is 1.90. The van der Waals surface area contributed by atoms with E-state index in [0.29, 0.717) is 5.56 Å². The van der Waals surface area contributed by atoms with Crippen LogP contribution in [0.3, 0.4) is 0 Å². The number of nitrogens with zero attached hydrogens (tertiary/aromatic N) is 1. The lowest BCUT2D eigenvalue weighted by atomic mass is 10.1. The highest BCUT2D eigenvalue weighted by Crippen LogP contribution is 2.28. The molecule has 0 saturated carbocycles. The Morgan fingerprint density at radius 1 is 1.10 bits per heavy atom. The van der Waals surface area contributed by atoms with Crippen molar-refractivity contribution in [3.63, 3.8) is 0 Å². The van der Waals surface area contributed by atoms with Crippen LogP contribution in [-0.4, -0.2) is 10.8 Å². The first kappa shape index (κ1) is 14.1. The van der Waals surface area contributed by atoms with Gasteiger partial charge in [0.25, 0.3) is 5.91 Å². The van der Waals surface area contributed by atoms with Crippen molar-refractivity contribution in [3.05, 3.63) is 68.9 Å². The van der Waals surface area contributed by atoms with E-state index in [2.05, 4.69) is 15.9 Å². The van der Waals surface area contributed by atoms with Crippen LogP contribution in [0, 0.1) is 17.5 Å². The number of hydrogen-bond acceptors (Lipinski definition) is 1. The molecule has 0 unspecified atom stereocenters. The molecule has 21 heavy (non-hydrogen) atoms. The minimum absolute atomic E-state index is 0.00971. The molecule has 0 saturated heterocycles. The molecule has 2 aromatic carbocycles. The standard InChI is InChI=1S/C15H9BrF3NO/c16-10-5-12(18)9(4-13(10)19)7-20-6-8-2-1-3-11(17)14(8)15(20)21/h1-5H,6-7H2. The predicted octanol–water partition coefficient (Wildman–Crippen LogP) is 4.02. The lowest BCUT2D eigenvalue weighted by Crippen LogP contribution is -2.24. The molecule has 2 nitrogen and oxygen atoms in total. The summed E-state index contributed by atoms with van der Waals surface area (Å²) in [5.41, 5.74) is 0.616. The Morgan fingerprint density at radius 3 is 2.57 bits per heavy atom. The molecule has 0 aromatic heterocycles. The van der Waals surface area contributed by atoms with E-state index in [4.69, 9.17) is 0 Å². The zero-order valence-corrected chi connectivity index (χ0v) is 12.3. The van der Waals surface area contributed by atoms with Crippen LogP contribution in [0.4, 0.5) is 13.2 Å². The summed E-state index contributed by atoms with van der Waals surface area (Å²) in [6.45, 7) is 0.0754. The summed E-state index contributed by atoms with van der Waals surface area (Å²) in [4.78, 5) is 13.4. The third-order valence-corrected chi connectivity index (χ3v) is 4.02. The molecular formula is C15H9BrF3NO. The summed E-state index contributed by atoms with van der Waals surface area (Å²) in [6.07, 6.45) is 0. The van der Waals surface area contributed by atoms with Gasteiger partial charge in [-0.05, 0) is 39.7 Å². The van der Waals surface area contributed by atoms with Gasteiger partial charge in [0, 0.05) is 18.7 Å². The summed E-state index contributed by atoms with van der Waals surface area (Å²) >= 11 is 2.89. The molecule has 1 aliphatic rings. The van der Waals surface area contributed by atoms with E-state index in [0.717, 1.165) is 12.1 Å². The lowest BCUT2D eigenvalue weighted by Gasteiger charge is -2.16. The van der Waals surface area contributed by atoms with Gasteiger partial charge in [0.15, 0.2) is 0 Å². The van der Waals surface area contributed by atoms with Crippen molar-refractivity contribution < 1.29 is 18.0 Å². The zero-order chi connectivity index (χ0) is 15.1. The Bertz CT molecular complexity index is 748. The smallest absolute Gasteiger partial charge is 0.257 e. The molecule has 2 aromatic rings. The number of fused-ring (bicyclic) bond motifs is 1. The van der Waals surface area contributed by atoms with Crippen LogP contribution < -0.4 is 0 Å². The van der Waals surface area contributed by atoms with Gasteiger partial charge in [-0.3, -0.25) is 4.79 Å². The third kappa shape index (κ3) is 2.44. The highest BCUT2D eigenvalue weighted by molar-refractivity contribution is 9.10. The summed E-state index contributed by atoms with van der Waals surface area (Å²) in [7, 11) is 0. The minimum Gasteiger partial charge on any atom is -0.330 e. The quantitative estimate of drug-likeness (QED) is 0.745. The summed E-state index contributed by atoms with van der Waals surface area (Å²) in [5.74, 6) is -2.33. The number of carbonyl (C=O) groups is 1. The third-order valence-electron chi connectivity index (χ3n) is 3.41. The fraction of sp³-hybridized carbons (Fsp3) is 0.133. The van der Waals surface area contributed by atoms with Crippen LogP contribution in [-0.2, 0) is 13.1 Å². The second kappa shape index (κ2) is 5.18. The second-order valence-electron chi connectivity index (χ2n) is 4.79. The Morgan fingerprint density at radius 2 is 1.86 bits per heavy atom. The normalized spacial score (nSPS) is 13.7. The van der Waals surface area contributed by atoms with Crippen LogP contribution in [0.25, 0.3) is 0 Å². The molecular weight excluding hydrogens is 347 g/mol. The van der Waals surface area contributed by atoms with Crippen molar-refractivity contribution in [3.8, 4) is 0 Å². The second-order valence-corrected chi connectivity index (χ2v) is 5.65. The Hall–Kier alpha value is -1.82. The molecule has 0 fully saturated rings. The van der Waals surface area contributed by atoms with E-state index < -0.39 is 23.4 Å². The highest BCUT2D eigenvalue weighted by Gasteiger charge is 2.30. The highest BCUT2D eigenvalue weighted by atomic mass is 79.9. The summed E-state index contributed by atoms with van der Waals surface area (Å²) < 4.78 is 41.0. The van der Waals surface area contributed by atoms with Crippen LogP contribution in [0.2, 0.25) is 0 Å². The van der Waals surface area contributed by atoms with Crippen molar-refractivity contribution in [2.24, 2.45) is 0 Å². The van der Waals surface area contributed by atoms with Crippen LogP contribution in [0.5, 0.6) is 0 Å². The average molecular weight is 356 g/mol. The number of carbonyl (C=O) groups excluding carboxylic acids is 1. The lowest BCUT2D eigenvalue weighted by molar-refractivity contribution is 0.0761. The van der Waals surface area contributed by atoms with Gasteiger partial charge in [0.2, 0.25) is 0 Å². The molecule has 0 aliphatic carbocycles. The zero-order valence-electron chi connectivity index (χ0n) is 10.7. The van der Waals surface area contributed by atoms with Crippen LogP contribution in [0.15, 0.2) is 34.8 Å². The maximum absolute atomic E-state index is 13.8. The van der Waals surface area contributed by atoms with Gasteiger partial charge < -0.3 is 4.90 Å². The Labute approximate surface area is 127 Å². The number of amides is 1. The monoisotopic (exact) mass is 355 g/mol. The number of benzene rings is 2. The van der Waals surface area contributed by atoms with Crippen molar-refractivity contribution >= 4 is 21.8 Å². The fourth-order valence-electron chi connectivity index (χ4n) is 2.39. The van der Waals surface area contributed by atoms with Gasteiger partial charge >= 0.3 is 0 Å². The molecule has 108 valence electrons. The van der Waals surface area contributed by atoms with E-state index in [1.165, 1.54) is 17.0 Å². The molecule has 1 aliphatic heterocycles. The first-order chi connectivity index (χ1) is 9.97. The molecule has 0 atom stereocenters. The number of hydrogen-bond donors (Lipinski definition) is 0. The number of rotatable bonds is 2. The van der Waals surface area contributed by atoms with Gasteiger partial charge in [0.05, 0.1) is 10.0 Å². The van der Waals surface area contributed by atoms with Gasteiger partial charge in [-0.2, -0.15) is 0 Å². The summed E-state index contributed by atoms with van der Waals surface area (Å²) in [6, 6.07) is 6.42. The van der Waals surface area contributed by atoms with Gasteiger partial charge in [-0.25, -0.2) is 13.2 Å². The Kier molecular flexibility index (Phi) is 3.49. The fourth-order valence-corrected chi connectivity index (χ4v) is 2.71. The summed E-state index contributed by atoms with van der Waals surface area (Å²) in [5, 5.41) is 0. The topological polar surface area (TPSA) is 20.3 Å². The van der Waals surface area contributed by atoms with Gasteiger partial charge in [-0.1, -0.05) is 12.1 Å². The van der Waals surface area contributed by atoms with Gasteiger partial charge in [0.1, 0.15) is 17.5 Å². The van der Waals surface area contributed by atoms with E-state index in [-0.39, 0.29) is 28.7 Å². The van der Waals surface area contributed by atoms with Gasteiger partial charge in [-0.15, -0.1) is 0 Å². The van der Waals surface area contributed by atoms with Crippen molar-refractivity contribution in [1.29, 1.82) is 0 Å². The molecule has 0 radical (unpaired) electrons. The first-order valence-electron chi connectivity index (χ1n) is 6.17. The largest absolute Gasteiger partial charge is 0.330 e. The molecule has 1 amide bonds. The molecule has 0 bridgehead atoms. The van der Waals surface area contributed by atoms with E-state index >= 15 is 0 Å². The van der Waals surface area contributed by atoms with Crippen molar-refractivity contribution in [2.45, 2.75) is 13.1 Å². The predicted molar refractivity (Wildman–Crippen MR) is 74.0 cm³/mol. The maximum atomic E-state index is 13.8. The van der Waals surface area contributed by atoms with E-state index in [1.807, 2.05) is 0 Å². The average Bonchev–Trinajstić information content (AvgIpc) is 2.74. The SMILES string of the molecule is O=C1c2c(F)cccc2CN1Cc1cc(F)c(Br)cc1F. The molecule has 1 heterocycles. The van der Waals surface area contributed by atoms with Crippen LogP contribution >= 0.6 is 15.9 Å². The van der Waals surface area contributed by atoms with E-state index in [1.54, 1.807) is 6.07 Å². The van der Waals surface area contributed by atoms with Crippen molar-refractivity contribution in [1.82, 2.24) is 4.90 Å². The first-order valence-corrected chi connectivity index (χ1v) is 6.96. The maximum Gasteiger partial charge on any atom is 0.257 e. The minimum atomic E-state index is -0.618. The van der Waals surface area contributed by atoms with Crippen LogP contribution in [0.1, 0.15) is 21.5 Å².